The summed E-state index contributed by atoms with van der Waals surface area (Å²) in [4.78, 5) is 204. The van der Waals surface area contributed by atoms with E-state index >= 15 is 4.79 Å². The number of carboxylic acid groups (broad SMARTS) is 1. The fourth-order valence-electron chi connectivity index (χ4n) is 10.8. The fraction of sp³-hybridized carbons (Fsp3) is 0.646. The standard InChI is InChI=1S/C65H110N22O17S/c1-6-35(3)51(85-55(97)42(22-15-25-74-64(69)70)79-49(92)30-76-48(91)29-77-53(95)37(5)78-59(101)47(34-105)84-58(100)46(33-90)83-54(96)41(66)32-89)60(102)81-44(28-50(93)94)57(99)80-43(23-16-26-75-65(71)72)56(98)86-52(36(4)7-2)61(103)82-45(27-38-17-10-8-11-18-38)62(104)87(39-19-12-9-13-20-39)40(31-88)21-14-24-73-63(67)68/h8,10-11,17-18,31,35-37,39-47,51-52,89-90,105H,6-7,9,12-16,19-30,32-34,66H2,1-5H3,(H,76,91)(H,77,95)(H,78,101)(H,79,92)(H,80,99)(H,81,102)(H,82,103)(H,83,96)(H,84,100)(H,85,97)(H,86,98)(H,93,94)(H4,67,68,73)(H4,69,70,74)(H4,71,72,75)/t35-,36-,37-,40-,41-,42-,43-,44-,45-,46-,47-,51-,52-/m0/s1. The first-order chi connectivity index (χ1) is 49.7. The van der Waals surface area contributed by atoms with Crippen molar-refractivity contribution in [3.05, 3.63) is 35.9 Å². The van der Waals surface area contributed by atoms with Crippen LogP contribution in [0.15, 0.2) is 45.3 Å². The van der Waals surface area contributed by atoms with Crippen LogP contribution in [0.1, 0.15) is 130 Å². The van der Waals surface area contributed by atoms with Crippen molar-refractivity contribution in [3.8, 4) is 0 Å². The van der Waals surface area contributed by atoms with E-state index in [4.69, 9.17) is 45.2 Å². The molecule has 0 bridgehead atoms. The average Bonchev–Trinajstić information content (AvgIpc) is 0.815. The number of nitrogens with one attached hydrogen (secondary N) is 11. The van der Waals surface area contributed by atoms with Gasteiger partial charge in [-0.25, -0.2) is 0 Å². The molecular formula is C65H110N22O17S. The van der Waals surface area contributed by atoms with E-state index in [1.54, 1.807) is 62.9 Å². The summed E-state index contributed by atoms with van der Waals surface area (Å²) in [7, 11) is 0. The summed E-state index contributed by atoms with van der Waals surface area (Å²) in [6, 6.07) is -7.34. The monoisotopic (exact) mass is 1500 g/mol. The number of aliphatic hydroxyl groups excluding tert-OH is 2. The molecule has 0 radical (unpaired) electrons. The van der Waals surface area contributed by atoms with Crippen molar-refractivity contribution in [1.29, 1.82) is 0 Å². The van der Waals surface area contributed by atoms with E-state index in [0.29, 0.717) is 37.5 Å². The van der Waals surface area contributed by atoms with Crippen LogP contribution in [0.2, 0.25) is 0 Å². The summed E-state index contributed by atoms with van der Waals surface area (Å²) in [6.07, 6.45) is 4.06. The van der Waals surface area contributed by atoms with Crippen LogP contribution in [-0.4, -0.2) is 245 Å². The summed E-state index contributed by atoms with van der Waals surface area (Å²) in [5, 5.41) is 55.7. The van der Waals surface area contributed by atoms with Gasteiger partial charge in [0.2, 0.25) is 70.9 Å². The van der Waals surface area contributed by atoms with Crippen molar-refractivity contribution in [1.82, 2.24) is 63.4 Å². The van der Waals surface area contributed by atoms with Crippen LogP contribution in [0.3, 0.4) is 0 Å². The van der Waals surface area contributed by atoms with Gasteiger partial charge >= 0.3 is 5.97 Å². The molecule has 40 heteroatoms. The number of nitrogens with two attached hydrogens (primary N) is 7. The Morgan fingerprint density at radius 2 is 0.981 bits per heavy atom. The normalized spacial score (nSPS) is 15.7. The number of rotatable bonds is 49. The zero-order valence-electron chi connectivity index (χ0n) is 60.1. The lowest BCUT2D eigenvalue weighted by atomic mass is 9.91. The number of carbonyl (C=O) groups is 14. The number of nitrogens with zero attached hydrogens (tertiary/aromatic N) is 4. The minimum Gasteiger partial charge on any atom is -0.481 e. The molecular weight excluding hydrogens is 1390 g/mol. The lowest BCUT2D eigenvalue weighted by Crippen LogP contribution is -2.62. The minimum atomic E-state index is -1.94. The van der Waals surface area contributed by atoms with Crippen molar-refractivity contribution >= 4 is 114 Å². The van der Waals surface area contributed by atoms with Gasteiger partial charge in [-0.1, -0.05) is 90.1 Å². The van der Waals surface area contributed by atoms with Crippen LogP contribution in [-0.2, 0) is 73.5 Å². The van der Waals surface area contributed by atoms with Crippen molar-refractivity contribution < 1.29 is 82.4 Å². The number of amides is 12. The maximum Gasteiger partial charge on any atom is 0.305 e. The highest BCUT2D eigenvalue weighted by Gasteiger charge is 2.40. The Labute approximate surface area is 615 Å². The quantitative estimate of drug-likeness (QED) is 0.00947. The Bertz CT molecular complexity index is 3130. The molecule has 1 aromatic carbocycles. The molecule has 1 saturated carbocycles. The first kappa shape index (κ1) is 91.1. The van der Waals surface area contributed by atoms with Crippen molar-refractivity contribution in [2.75, 3.05) is 51.7 Å². The molecule has 1 aliphatic rings. The number of aldehydes is 1. The van der Waals surface area contributed by atoms with Gasteiger partial charge in [0, 0.05) is 37.8 Å². The largest absolute Gasteiger partial charge is 0.481 e. The van der Waals surface area contributed by atoms with Gasteiger partial charge in [-0.2, -0.15) is 12.6 Å². The number of guanidine groups is 3. The molecule has 0 spiro atoms. The molecule has 1 aliphatic carbocycles. The van der Waals surface area contributed by atoms with Crippen LogP contribution >= 0.6 is 12.6 Å². The van der Waals surface area contributed by atoms with E-state index in [-0.39, 0.29) is 94.3 Å². The molecule has 2 rings (SSSR count). The van der Waals surface area contributed by atoms with Gasteiger partial charge in [-0.05, 0) is 75.7 Å². The van der Waals surface area contributed by atoms with E-state index < -0.39 is 188 Å². The molecule has 39 nitrogen and oxygen atoms in total. The number of aliphatic carboxylic acids is 1. The zero-order valence-corrected chi connectivity index (χ0v) is 61.0. The van der Waals surface area contributed by atoms with E-state index in [2.05, 4.69) is 86.1 Å². The first-order valence-electron chi connectivity index (χ1n) is 34.8. The van der Waals surface area contributed by atoms with Crippen molar-refractivity contribution in [2.24, 2.45) is 66.9 Å². The van der Waals surface area contributed by atoms with Gasteiger partial charge < -0.3 is 124 Å². The molecule has 1 fully saturated rings. The van der Waals surface area contributed by atoms with Crippen molar-refractivity contribution in [3.63, 3.8) is 0 Å². The Morgan fingerprint density at radius 1 is 0.533 bits per heavy atom. The first-order valence-corrected chi connectivity index (χ1v) is 35.4. The van der Waals surface area contributed by atoms with Gasteiger partial charge in [-0.15, -0.1) is 0 Å². The summed E-state index contributed by atoms with van der Waals surface area (Å²) in [6.45, 7) is 4.75. The zero-order chi connectivity index (χ0) is 78.9. The summed E-state index contributed by atoms with van der Waals surface area (Å²) in [5.74, 6) is -15.2. The summed E-state index contributed by atoms with van der Waals surface area (Å²) in [5.41, 5.74) is 39.4. The lowest BCUT2D eigenvalue weighted by Gasteiger charge is -2.40. The third-order valence-electron chi connectivity index (χ3n) is 17.1. The maximum atomic E-state index is 15.2. The van der Waals surface area contributed by atoms with Crippen LogP contribution in [0.25, 0.3) is 0 Å². The van der Waals surface area contributed by atoms with Crippen molar-refractivity contribution in [2.45, 2.75) is 203 Å². The molecule has 0 aromatic heterocycles. The van der Waals surface area contributed by atoms with Crippen LogP contribution < -0.4 is 98.6 Å². The minimum absolute atomic E-state index is 0.0177. The third kappa shape index (κ3) is 34.0. The van der Waals surface area contributed by atoms with E-state index in [9.17, 15) is 72.5 Å². The van der Waals surface area contributed by atoms with E-state index in [1.807, 2.05) is 0 Å². The predicted molar refractivity (Wildman–Crippen MR) is 390 cm³/mol. The molecule has 0 heterocycles. The van der Waals surface area contributed by atoms with Gasteiger partial charge in [-0.3, -0.25) is 77.3 Å². The number of benzene rings is 1. The smallest absolute Gasteiger partial charge is 0.305 e. The number of hydrogen-bond acceptors (Lipinski definition) is 21. The second-order valence-corrected chi connectivity index (χ2v) is 25.8. The second-order valence-electron chi connectivity index (χ2n) is 25.4. The summed E-state index contributed by atoms with van der Waals surface area (Å²) >= 11 is 4.04. The van der Waals surface area contributed by atoms with E-state index in [1.165, 1.54) is 6.92 Å². The molecule has 0 saturated heterocycles. The third-order valence-corrected chi connectivity index (χ3v) is 17.5. The predicted octanol–water partition coefficient (Wildman–Crippen LogP) is -7.46. The second kappa shape index (κ2) is 48.9. The van der Waals surface area contributed by atoms with Crippen LogP contribution in [0, 0.1) is 11.8 Å². The highest BCUT2D eigenvalue weighted by Crippen LogP contribution is 2.27. The van der Waals surface area contributed by atoms with Gasteiger partial charge in [0.05, 0.1) is 38.8 Å². The molecule has 588 valence electrons. The molecule has 105 heavy (non-hydrogen) atoms. The highest BCUT2D eigenvalue weighted by molar-refractivity contribution is 7.80. The average molecular weight is 1500 g/mol. The van der Waals surface area contributed by atoms with Gasteiger partial charge in [0.1, 0.15) is 66.7 Å². The molecule has 1 aromatic rings. The fourth-order valence-corrected chi connectivity index (χ4v) is 11.1. The Hall–Kier alpha value is -9.96. The lowest BCUT2D eigenvalue weighted by molar-refractivity contribution is -0.144. The number of carboxylic acids is 1. The molecule has 13 atom stereocenters. The Morgan fingerprint density at radius 3 is 1.46 bits per heavy atom. The Kier molecular flexibility index (Phi) is 42.4. The summed E-state index contributed by atoms with van der Waals surface area (Å²) < 4.78 is 0. The number of aliphatic hydroxyl groups is 2. The molecule has 0 aliphatic heterocycles. The van der Waals surface area contributed by atoms with E-state index in [0.717, 1.165) is 19.3 Å². The van der Waals surface area contributed by atoms with Crippen LogP contribution in [0.5, 0.6) is 0 Å². The molecule has 28 N–H and O–H groups in total. The number of aliphatic imine (C=N–C) groups is 3. The maximum absolute atomic E-state index is 15.2. The topological polar surface area (TPSA) is 654 Å². The highest BCUT2D eigenvalue weighted by atomic mass is 32.1. The molecule has 12 amide bonds. The number of thiol groups is 1. The van der Waals surface area contributed by atoms with Gasteiger partial charge in [0.15, 0.2) is 17.9 Å². The molecule has 0 unspecified atom stereocenters. The number of carbonyl (C=O) groups excluding carboxylic acids is 13. The number of hydrogen-bond donors (Lipinski definition) is 22. The SMILES string of the molecule is CC[C@H](C)[C@H](NC(=O)[C@H](CCCN=C(N)N)NC(=O)CNC(=O)CNC(=O)[C@H](C)NC(=O)[C@H](CS)NC(=O)[C@H](CO)NC(=O)[C@@H](N)CO)C(=O)N[C@@H](CC(=O)O)C(=O)N[C@@H](CCCN=C(N)N)C(=O)N[C@H](C(=O)N[C@@H](Cc1ccccc1)C(=O)N(C1CCCCC1)[C@H](C=O)CCCN=C(N)N)[C@@H](C)CC. The van der Waals surface area contributed by atoms with Gasteiger partial charge in [0.25, 0.3) is 0 Å². The Balaban J connectivity index is 2.42. The van der Waals surface area contributed by atoms with Crippen LogP contribution in [0.4, 0.5) is 0 Å².